The smallest absolute Gasteiger partial charge is 0.273 e. The Bertz CT molecular complexity index is 1010. The van der Waals surface area contributed by atoms with Crippen LogP contribution in [0.5, 0.6) is 0 Å². The fourth-order valence-corrected chi connectivity index (χ4v) is 3.20. The second-order valence-corrected chi connectivity index (χ2v) is 6.44. The third-order valence-corrected chi connectivity index (χ3v) is 4.66. The summed E-state index contributed by atoms with van der Waals surface area (Å²) in [7, 11) is 0. The largest absolute Gasteiger partial charge is 0.355 e. The van der Waals surface area contributed by atoms with Gasteiger partial charge in [-0.25, -0.2) is 0 Å². The van der Waals surface area contributed by atoms with E-state index in [2.05, 4.69) is 20.4 Å². The molecule has 4 rings (SSSR count). The Balaban J connectivity index is 1.49. The summed E-state index contributed by atoms with van der Waals surface area (Å²) in [5.41, 5.74) is 2.84. The predicted molar refractivity (Wildman–Crippen MR) is 98.5 cm³/mol. The second-order valence-electron chi connectivity index (χ2n) is 5.49. The van der Waals surface area contributed by atoms with Crippen LogP contribution in [0.3, 0.4) is 0 Å². The van der Waals surface area contributed by atoms with Gasteiger partial charge in [-0.2, -0.15) is 0 Å². The highest BCUT2D eigenvalue weighted by Gasteiger charge is 2.15. The van der Waals surface area contributed by atoms with E-state index in [0.717, 1.165) is 21.7 Å². The van der Waals surface area contributed by atoms with Crippen LogP contribution in [0.25, 0.3) is 21.9 Å². The molecule has 0 fully saturated rings. The molecule has 0 bridgehead atoms. The van der Waals surface area contributed by atoms with Gasteiger partial charge in [-0.05, 0) is 35.2 Å². The summed E-state index contributed by atoms with van der Waals surface area (Å²) in [5, 5.41) is 8.67. The zero-order chi connectivity index (χ0) is 17.8. The monoisotopic (exact) mass is 362 g/mol. The molecule has 0 spiro atoms. The lowest BCUT2D eigenvalue weighted by molar-refractivity contribution is 0.0942. The van der Waals surface area contributed by atoms with Crippen LogP contribution < -0.4 is 5.32 Å². The molecule has 0 aromatic carbocycles. The standard InChI is InChI=1S/C19H14N4O2S/c24-19(15-10-16(25-23-15)17-6-3-9-26-17)22-12-14-5-2-8-21-18(14)13-4-1-7-20-11-13/h1-11H,12H2,(H,22,24). The summed E-state index contributed by atoms with van der Waals surface area (Å²) < 4.78 is 5.25. The van der Waals surface area contributed by atoms with Crippen LogP contribution >= 0.6 is 11.3 Å². The Morgan fingerprint density at radius 1 is 1.15 bits per heavy atom. The van der Waals surface area contributed by atoms with E-state index in [0.29, 0.717) is 12.3 Å². The lowest BCUT2D eigenvalue weighted by Crippen LogP contribution is -2.23. The quantitative estimate of drug-likeness (QED) is 0.584. The van der Waals surface area contributed by atoms with E-state index in [1.54, 1.807) is 24.7 Å². The number of nitrogens with zero attached hydrogens (tertiary/aromatic N) is 3. The summed E-state index contributed by atoms with van der Waals surface area (Å²) in [6.45, 7) is 0.331. The van der Waals surface area contributed by atoms with Gasteiger partial charge in [0.05, 0.1) is 10.6 Å². The number of carbonyl (C=O) groups is 1. The topological polar surface area (TPSA) is 80.9 Å². The number of carbonyl (C=O) groups excluding carboxylic acids is 1. The molecule has 0 aliphatic rings. The number of rotatable bonds is 5. The van der Waals surface area contributed by atoms with Gasteiger partial charge in [-0.3, -0.25) is 14.8 Å². The number of amides is 1. The number of hydrogen-bond donors (Lipinski definition) is 1. The molecule has 0 aliphatic heterocycles. The summed E-state index contributed by atoms with van der Waals surface area (Å²) in [5.74, 6) is 0.292. The van der Waals surface area contributed by atoms with Crippen molar-refractivity contribution in [3.8, 4) is 21.9 Å². The molecular formula is C19H14N4O2S. The van der Waals surface area contributed by atoms with Crippen LogP contribution in [0.15, 0.2) is 71.0 Å². The Hall–Kier alpha value is -3.32. The first kappa shape index (κ1) is 16.2. The van der Waals surface area contributed by atoms with Crippen molar-refractivity contribution in [1.29, 1.82) is 0 Å². The summed E-state index contributed by atoms with van der Waals surface area (Å²) in [6.07, 6.45) is 5.18. The number of nitrogens with one attached hydrogen (secondary N) is 1. The summed E-state index contributed by atoms with van der Waals surface area (Å²) in [4.78, 5) is 21.9. The third kappa shape index (κ3) is 3.38. The predicted octanol–water partition coefficient (Wildman–Crippen LogP) is 3.79. The maximum Gasteiger partial charge on any atom is 0.273 e. The van der Waals surface area contributed by atoms with Crippen LogP contribution in [0, 0.1) is 0 Å². The summed E-state index contributed by atoms with van der Waals surface area (Å²) >= 11 is 1.53. The van der Waals surface area contributed by atoms with Crippen LogP contribution in [-0.4, -0.2) is 21.0 Å². The number of pyridine rings is 2. The molecule has 128 valence electrons. The Labute approximate surface area is 153 Å². The summed E-state index contributed by atoms with van der Waals surface area (Å²) in [6, 6.07) is 13.0. The van der Waals surface area contributed by atoms with Gasteiger partial charge in [-0.1, -0.05) is 17.3 Å². The van der Waals surface area contributed by atoms with E-state index in [9.17, 15) is 4.79 Å². The molecular weight excluding hydrogens is 348 g/mol. The van der Waals surface area contributed by atoms with Crippen molar-refractivity contribution in [3.05, 3.63) is 77.7 Å². The molecule has 0 aliphatic carbocycles. The van der Waals surface area contributed by atoms with E-state index < -0.39 is 0 Å². The molecule has 26 heavy (non-hydrogen) atoms. The van der Waals surface area contributed by atoms with Gasteiger partial charge in [0.15, 0.2) is 11.5 Å². The minimum atomic E-state index is -0.294. The Morgan fingerprint density at radius 2 is 2.08 bits per heavy atom. The lowest BCUT2D eigenvalue weighted by atomic mass is 10.1. The van der Waals surface area contributed by atoms with E-state index in [1.807, 2.05) is 41.8 Å². The SMILES string of the molecule is O=C(NCc1cccnc1-c1cccnc1)c1cc(-c2cccs2)on1. The number of thiophene rings is 1. The minimum absolute atomic E-state index is 0.250. The highest BCUT2D eigenvalue weighted by atomic mass is 32.1. The zero-order valence-corrected chi connectivity index (χ0v) is 14.4. The van der Waals surface area contributed by atoms with Gasteiger partial charge in [-0.15, -0.1) is 11.3 Å². The molecule has 0 saturated carbocycles. The molecule has 0 atom stereocenters. The molecule has 1 amide bonds. The van der Waals surface area contributed by atoms with Gasteiger partial charge in [0.2, 0.25) is 0 Å². The van der Waals surface area contributed by atoms with Crippen molar-refractivity contribution in [2.24, 2.45) is 0 Å². The van der Waals surface area contributed by atoms with Crippen LogP contribution in [0.1, 0.15) is 16.1 Å². The molecule has 4 aromatic rings. The van der Waals surface area contributed by atoms with Crippen molar-refractivity contribution in [2.45, 2.75) is 6.54 Å². The molecule has 0 radical (unpaired) electrons. The molecule has 0 saturated heterocycles. The maximum absolute atomic E-state index is 12.4. The highest BCUT2D eigenvalue weighted by Crippen LogP contribution is 2.25. The first-order valence-electron chi connectivity index (χ1n) is 7.94. The van der Waals surface area contributed by atoms with Gasteiger partial charge >= 0.3 is 0 Å². The first-order chi connectivity index (χ1) is 12.8. The Kier molecular flexibility index (Phi) is 4.53. The van der Waals surface area contributed by atoms with E-state index in [-0.39, 0.29) is 11.6 Å². The van der Waals surface area contributed by atoms with Gasteiger partial charge in [0.1, 0.15) is 0 Å². The van der Waals surface area contributed by atoms with E-state index >= 15 is 0 Å². The normalized spacial score (nSPS) is 10.6. The molecule has 4 heterocycles. The van der Waals surface area contributed by atoms with Crippen molar-refractivity contribution in [3.63, 3.8) is 0 Å². The average Bonchev–Trinajstić information content (AvgIpc) is 3.38. The average molecular weight is 362 g/mol. The number of aromatic nitrogens is 3. The maximum atomic E-state index is 12.4. The fourth-order valence-electron chi connectivity index (χ4n) is 2.53. The van der Waals surface area contributed by atoms with Crippen molar-refractivity contribution >= 4 is 17.2 Å². The Morgan fingerprint density at radius 3 is 2.88 bits per heavy atom. The van der Waals surface area contributed by atoms with Gasteiger partial charge in [0.25, 0.3) is 5.91 Å². The second kappa shape index (κ2) is 7.28. The number of hydrogen-bond acceptors (Lipinski definition) is 6. The molecule has 6 nitrogen and oxygen atoms in total. The minimum Gasteiger partial charge on any atom is -0.355 e. The van der Waals surface area contributed by atoms with Crippen molar-refractivity contribution in [1.82, 2.24) is 20.4 Å². The van der Waals surface area contributed by atoms with Gasteiger partial charge < -0.3 is 9.84 Å². The molecule has 7 heteroatoms. The van der Waals surface area contributed by atoms with Crippen LogP contribution in [0.2, 0.25) is 0 Å². The van der Waals surface area contributed by atoms with Crippen molar-refractivity contribution in [2.75, 3.05) is 0 Å². The van der Waals surface area contributed by atoms with Crippen LogP contribution in [-0.2, 0) is 6.54 Å². The third-order valence-electron chi connectivity index (χ3n) is 3.77. The fraction of sp³-hybridized carbons (Fsp3) is 0.0526. The lowest BCUT2D eigenvalue weighted by Gasteiger charge is -2.08. The highest BCUT2D eigenvalue weighted by molar-refractivity contribution is 7.13. The van der Waals surface area contributed by atoms with Crippen LogP contribution in [0.4, 0.5) is 0 Å². The van der Waals surface area contributed by atoms with E-state index in [1.165, 1.54) is 11.3 Å². The van der Waals surface area contributed by atoms with Gasteiger partial charge in [0, 0.05) is 36.8 Å². The first-order valence-corrected chi connectivity index (χ1v) is 8.82. The zero-order valence-electron chi connectivity index (χ0n) is 13.6. The van der Waals surface area contributed by atoms with E-state index in [4.69, 9.17) is 4.52 Å². The molecule has 0 unspecified atom stereocenters. The van der Waals surface area contributed by atoms with Crippen molar-refractivity contribution < 1.29 is 9.32 Å². The molecule has 1 N–H and O–H groups in total. The molecule has 4 aromatic heterocycles.